The fraction of sp³-hybridized carbons (Fsp3) is 0.529. The Balaban J connectivity index is 0.00000288. The van der Waals surface area contributed by atoms with Gasteiger partial charge in [0.05, 0.1) is 12.6 Å². The third-order valence-corrected chi connectivity index (χ3v) is 3.73. The number of likely N-dealkylation sites (tertiary alicyclic amines) is 1. The minimum Gasteiger partial charge on any atom is -0.391 e. The highest BCUT2D eigenvalue weighted by molar-refractivity contribution is 14.0. The molecule has 134 valence electrons. The summed E-state index contributed by atoms with van der Waals surface area (Å²) in [4.78, 5) is 18.4. The Hall–Kier alpha value is -1.35. The standard InChI is InChI=1S/C17H26N4O2.HI/c1-2-18-17(21-11-9-15(22)13-21)19-10-8-16(23)20-12-14-6-4-3-5-7-14;/h3-7,15,22H,2,8-13H2,1H3,(H,18,19)(H,20,23);1H/t15-;/m1./s1. The van der Waals surface area contributed by atoms with Crippen LogP contribution in [-0.4, -0.2) is 54.2 Å². The second-order valence-electron chi connectivity index (χ2n) is 5.64. The second-order valence-corrected chi connectivity index (χ2v) is 5.64. The van der Waals surface area contributed by atoms with Gasteiger partial charge in [0.15, 0.2) is 5.96 Å². The minimum absolute atomic E-state index is 0. The minimum atomic E-state index is -0.284. The lowest BCUT2D eigenvalue weighted by Gasteiger charge is -2.20. The highest BCUT2D eigenvalue weighted by Gasteiger charge is 2.22. The predicted molar refractivity (Wildman–Crippen MR) is 106 cm³/mol. The van der Waals surface area contributed by atoms with Crippen molar-refractivity contribution in [3.05, 3.63) is 35.9 Å². The van der Waals surface area contributed by atoms with Crippen LogP contribution in [0, 0.1) is 0 Å². The summed E-state index contributed by atoms with van der Waals surface area (Å²) in [5.41, 5.74) is 1.09. The summed E-state index contributed by atoms with van der Waals surface area (Å²) in [7, 11) is 0. The number of hydrogen-bond acceptors (Lipinski definition) is 3. The largest absolute Gasteiger partial charge is 0.391 e. The quantitative estimate of drug-likeness (QED) is 0.350. The molecule has 1 heterocycles. The molecule has 1 amide bonds. The van der Waals surface area contributed by atoms with Crippen LogP contribution in [0.2, 0.25) is 0 Å². The van der Waals surface area contributed by atoms with Crippen molar-refractivity contribution in [3.63, 3.8) is 0 Å². The van der Waals surface area contributed by atoms with Crippen LogP contribution in [0.1, 0.15) is 25.3 Å². The fourth-order valence-corrected chi connectivity index (χ4v) is 2.51. The van der Waals surface area contributed by atoms with Crippen molar-refractivity contribution in [1.82, 2.24) is 15.5 Å². The lowest BCUT2D eigenvalue weighted by Crippen LogP contribution is -2.40. The van der Waals surface area contributed by atoms with Crippen LogP contribution < -0.4 is 10.6 Å². The summed E-state index contributed by atoms with van der Waals surface area (Å²) >= 11 is 0. The molecule has 24 heavy (non-hydrogen) atoms. The molecule has 1 aromatic rings. The van der Waals surface area contributed by atoms with Crippen LogP contribution in [-0.2, 0) is 11.3 Å². The lowest BCUT2D eigenvalue weighted by atomic mass is 10.2. The number of halogens is 1. The van der Waals surface area contributed by atoms with Crippen LogP contribution in [0.15, 0.2) is 35.3 Å². The molecule has 1 atom stereocenters. The summed E-state index contributed by atoms with van der Waals surface area (Å²) in [6, 6.07) is 9.84. The number of rotatable bonds is 6. The van der Waals surface area contributed by atoms with E-state index in [4.69, 9.17) is 0 Å². The molecule has 0 radical (unpaired) electrons. The SMILES string of the molecule is CCNC(=NCCC(=O)NCc1ccccc1)N1CC[C@@H](O)C1.I. The number of aliphatic hydroxyl groups excluding tert-OH is 1. The molecule has 0 saturated carbocycles. The smallest absolute Gasteiger partial charge is 0.222 e. The van der Waals surface area contributed by atoms with Crippen molar-refractivity contribution in [2.75, 3.05) is 26.2 Å². The first-order valence-corrected chi connectivity index (χ1v) is 8.21. The number of hydrogen-bond donors (Lipinski definition) is 3. The zero-order valence-electron chi connectivity index (χ0n) is 14.1. The predicted octanol–water partition coefficient (Wildman–Crippen LogP) is 1.34. The van der Waals surface area contributed by atoms with E-state index in [0.29, 0.717) is 26.1 Å². The number of nitrogens with zero attached hydrogens (tertiary/aromatic N) is 2. The molecular formula is C17H27IN4O2. The number of amides is 1. The zero-order valence-corrected chi connectivity index (χ0v) is 16.4. The molecule has 7 heteroatoms. The summed E-state index contributed by atoms with van der Waals surface area (Å²) in [6.45, 7) is 5.16. The Morgan fingerprint density at radius 3 is 2.71 bits per heavy atom. The van der Waals surface area contributed by atoms with Gasteiger partial charge in [0, 0.05) is 32.6 Å². The van der Waals surface area contributed by atoms with E-state index in [1.165, 1.54) is 0 Å². The number of aliphatic imine (C=N–C) groups is 1. The maximum atomic E-state index is 11.9. The van der Waals surface area contributed by atoms with E-state index >= 15 is 0 Å². The molecule has 1 fully saturated rings. The molecule has 1 saturated heterocycles. The Labute approximate surface area is 160 Å². The van der Waals surface area contributed by atoms with Gasteiger partial charge in [-0.25, -0.2) is 0 Å². The highest BCUT2D eigenvalue weighted by Crippen LogP contribution is 2.08. The summed E-state index contributed by atoms with van der Waals surface area (Å²) in [5, 5.41) is 15.7. The maximum absolute atomic E-state index is 11.9. The van der Waals surface area contributed by atoms with Gasteiger partial charge in [-0.1, -0.05) is 30.3 Å². The highest BCUT2D eigenvalue weighted by atomic mass is 127. The molecule has 0 bridgehead atoms. The Morgan fingerprint density at radius 1 is 1.33 bits per heavy atom. The van der Waals surface area contributed by atoms with Crippen LogP contribution in [0.4, 0.5) is 0 Å². The van der Waals surface area contributed by atoms with E-state index in [9.17, 15) is 9.90 Å². The first kappa shape index (κ1) is 20.7. The molecule has 0 aromatic heterocycles. The van der Waals surface area contributed by atoms with Crippen molar-refractivity contribution in [2.45, 2.75) is 32.4 Å². The third kappa shape index (κ3) is 7.04. The van der Waals surface area contributed by atoms with E-state index in [2.05, 4.69) is 15.6 Å². The van der Waals surface area contributed by atoms with Crippen LogP contribution >= 0.6 is 24.0 Å². The molecular weight excluding hydrogens is 419 g/mol. The number of β-amino-alcohol motifs (C(OH)–C–C–N with tert-alkyl or cyclic N) is 1. The van der Waals surface area contributed by atoms with Crippen molar-refractivity contribution in [3.8, 4) is 0 Å². The molecule has 1 aromatic carbocycles. The Morgan fingerprint density at radius 2 is 2.08 bits per heavy atom. The molecule has 1 aliphatic heterocycles. The van der Waals surface area contributed by atoms with Crippen molar-refractivity contribution < 1.29 is 9.90 Å². The molecule has 3 N–H and O–H groups in total. The molecule has 0 spiro atoms. The number of carbonyl (C=O) groups is 1. The first-order chi connectivity index (χ1) is 11.2. The molecule has 6 nitrogen and oxygen atoms in total. The Kier molecular flexibility index (Phi) is 9.70. The lowest BCUT2D eigenvalue weighted by molar-refractivity contribution is -0.121. The van der Waals surface area contributed by atoms with Gasteiger partial charge in [0.2, 0.25) is 5.91 Å². The molecule has 0 aliphatic carbocycles. The molecule has 1 aliphatic rings. The monoisotopic (exact) mass is 446 g/mol. The van der Waals surface area contributed by atoms with Gasteiger partial charge in [0.1, 0.15) is 0 Å². The normalized spacial score (nSPS) is 17.3. The second kappa shape index (κ2) is 11.2. The summed E-state index contributed by atoms with van der Waals surface area (Å²) < 4.78 is 0. The van der Waals surface area contributed by atoms with Gasteiger partial charge in [0.25, 0.3) is 0 Å². The number of nitrogens with one attached hydrogen (secondary N) is 2. The van der Waals surface area contributed by atoms with Gasteiger partial charge >= 0.3 is 0 Å². The van der Waals surface area contributed by atoms with Crippen molar-refractivity contribution in [2.24, 2.45) is 4.99 Å². The topological polar surface area (TPSA) is 77.0 Å². The Bertz CT molecular complexity index is 525. The zero-order chi connectivity index (χ0) is 16.5. The summed E-state index contributed by atoms with van der Waals surface area (Å²) in [6.07, 6.45) is 0.841. The first-order valence-electron chi connectivity index (χ1n) is 8.21. The van der Waals surface area contributed by atoms with E-state index in [0.717, 1.165) is 31.0 Å². The average Bonchev–Trinajstić information content (AvgIpc) is 2.99. The number of carbonyl (C=O) groups excluding carboxylic acids is 1. The number of benzene rings is 1. The van der Waals surface area contributed by atoms with Crippen LogP contribution in [0.25, 0.3) is 0 Å². The maximum Gasteiger partial charge on any atom is 0.222 e. The van der Waals surface area contributed by atoms with Gasteiger partial charge in [-0.2, -0.15) is 0 Å². The van der Waals surface area contributed by atoms with Crippen LogP contribution in [0.3, 0.4) is 0 Å². The molecule has 2 rings (SSSR count). The van der Waals surface area contributed by atoms with Crippen molar-refractivity contribution >= 4 is 35.8 Å². The van der Waals surface area contributed by atoms with E-state index in [1.807, 2.05) is 42.2 Å². The average molecular weight is 446 g/mol. The van der Waals surface area contributed by atoms with Gasteiger partial charge < -0.3 is 20.6 Å². The van der Waals surface area contributed by atoms with E-state index in [1.54, 1.807) is 0 Å². The summed E-state index contributed by atoms with van der Waals surface area (Å²) in [5.74, 6) is 0.773. The van der Waals surface area contributed by atoms with Crippen LogP contribution in [0.5, 0.6) is 0 Å². The van der Waals surface area contributed by atoms with Crippen molar-refractivity contribution in [1.29, 1.82) is 0 Å². The number of guanidine groups is 1. The van der Waals surface area contributed by atoms with Gasteiger partial charge in [-0.15, -0.1) is 24.0 Å². The van der Waals surface area contributed by atoms with Gasteiger partial charge in [-0.3, -0.25) is 9.79 Å². The fourth-order valence-electron chi connectivity index (χ4n) is 2.51. The molecule has 0 unspecified atom stereocenters. The third-order valence-electron chi connectivity index (χ3n) is 3.73. The van der Waals surface area contributed by atoms with E-state index in [-0.39, 0.29) is 36.0 Å². The van der Waals surface area contributed by atoms with Gasteiger partial charge in [-0.05, 0) is 18.9 Å². The number of aliphatic hydroxyl groups is 1. The van der Waals surface area contributed by atoms with E-state index < -0.39 is 0 Å².